The molecule has 6 heavy (non-hydrogen) atoms. The summed E-state index contributed by atoms with van der Waals surface area (Å²) in [6.45, 7) is 0. The van der Waals surface area contributed by atoms with Crippen LogP contribution in [0, 0.1) is 22.7 Å². The van der Waals surface area contributed by atoms with Crippen molar-refractivity contribution in [3.05, 3.63) is 0 Å². The van der Waals surface area contributed by atoms with E-state index in [-0.39, 0.29) is 0 Å². The molecule has 0 saturated carbocycles. The van der Waals surface area contributed by atoms with Crippen LogP contribution in [0.3, 0.4) is 0 Å². The van der Waals surface area contributed by atoms with Crippen LogP contribution in [-0.4, -0.2) is 4.11 Å². The average molecular weight is 129 g/mol. The van der Waals surface area contributed by atoms with Crippen molar-refractivity contribution in [1.82, 2.24) is 0 Å². The van der Waals surface area contributed by atoms with Crippen molar-refractivity contribution < 1.29 is 17.9 Å². The van der Waals surface area contributed by atoms with Crippen LogP contribution in [0.1, 0.15) is 0 Å². The van der Waals surface area contributed by atoms with Crippen molar-refractivity contribution in [3.8, 4) is 12.1 Å². The third kappa shape index (κ3) is 1.76. The Labute approximate surface area is 45.2 Å². The molecule has 0 atom stereocenters. The van der Waals surface area contributed by atoms with Crippen molar-refractivity contribution in [2.75, 3.05) is 0 Å². The summed E-state index contributed by atoms with van der Waals surface area (Å²) in [6, 6.07) is 3.45. The van der Waals surface area contributed by atoms with E-state index in [9.17, 15) is 0 Å². The number of hydrogen-bond acceptors (Lipinski definition) is 2. The molecule has 0 spiro atoms. The monoisotopic (exact) mass is 128 g/mol. The number of rotatable bonds is 0. The summed E-state index contributed by atoms with van der Waals surface area (Å²) in [5.74, 6) is 0. The second kappa shape index (κ2) is 2.70. The van der Waals surface area contributed by atoms with Crippen LogP contribution in [0.5, 0.6) is 0 Å². The van der Waals surface area contributed by atoms with Crippen LogP contribution in [0.4, 0.5) is 0 Å². The first-order chi connectivity index (χ1) is 2.81. The zero-order valence-corrected chi connectivity index (χ0v) is 6.07. The average Bonchev–Trinajstić information content (AvgIpc) is 1.65. The summed E-state index contributed by atoms with van der Waals surface area (Å²) in [4.78, 5) is 0. The fourth-order valence-corrected chi connectivity index (χ4v) is 0.0250. The molecule has 0 aromatic heterocycles. The zero-order chi connectivity index (χ0) is 4.99. The normalized spacial score (nSPS) is 5.33. The Hall–Kier alpha value is -0.527. The standard InChI is InChI=1S/C3N2.Zn/c4-2-1-3-5;. The Kier molecular flexibility index (Phi) is 2.46. The topological polar surface area (TPSA) is 47.6 Å². The molecule has 0 aliphatic rings. The van der Waals surface area contributed by atoms with Gasteiger partial charge in [-0.15, -0.1) is 0 Å². The molecule has 0 aliphatic carbocycles. The number of hydrogen-bond donors (Lipinski definition) is 0. The molecule has 0 saturated heterocycles. The second-order valence-electron chi connectivity index (χ2n) is 0.702. The van der Waals surface area contributed by atoms with Gasteiger partial charge in [0.15, 0.2) is 0 Å². The Balaban J connectivity index is 3.75. The summed E-state index contributed by atoms with van der Waals surface area (Å²) in [5.41, 5.74) is 0. The van der Waals surface area contributed by atoms with E-state index in [2.05, 4.69) is 0 Å². The molecular weight excluding hydrogens is 129 g/mol. The number of nitrogens with zero attached hydrogens (tertiary/aromatic N) is 2. The van der Waals surface area contributed by atoms with Crippen molar-refractivity contribution >= 4 is 4.11 Å². The molecule has 0 fully saturated rings. The van der Waals surface area contributed by atoms with Crippen LogP contribution in [0.25, 0.3) is 0 Å². The molecule has 0 radical (unpaired) electrons. The Bertz CT molecular complexity index is 120. The molecule has 0 amide bonds. The maximum atomic E-state index is 7.86. The van der Waals surface area contributed by atoms with Gasteiger partial charge in [0.25, 0.3) is 0 Å². The van der Waals surface area contributed by atoms with E-state index in [0.29, 0.717) is 22.0 Å². The molecule has 0 aromatic rings. The predicted molar refractivity (Wildman–Crippen MR) is 16.2 cm³/mol. The molecule has 0 aromatic carbocycles. The summed E-state index contributed by atoms with van der Waals surface area (Å²) in [7, 11) is 0. The summed E-state index contributed by atoms with van der Waals surface area (Å²) >= 11 is 0.674. The third-order valence-electron chi connectivity index (χ3n) is 0.270. The van der Waals surface area contributed by atoms with Crippen molar-refractivity contribution in [2.45, 2.75) is 0 Å². The SMILES string of the molecule is N#C[C](=[Zn])C#N. The molecule has 0 bridgehead atoms. The van der Waals surface area contributed by atoms with E-state index >= 15 is 0 Å². The molecule has 0 heterocycles. The van der Waals surface area contributed by atoms with Gasteiger partial charge in [0.2, 0.25) is 0 Å². The van der Waals surface area contributed by atoms with E-state index in [4.69, 9.17) is 10.5 Å². The molecule has 0 rings (SSSR count). The Morgan fingerprint density at radius 3 is 1.67 bits per heavy atom. The van der Waals surface area contributed by atoms with Crippen molar-refractivity contribution in [1.29, 1.82) is 10.5 Å². The van der Waals surface area contributed by atoms with E-state index in [1.807, 2.05) is 0 Å². The summed E-state index contributed by atoms with van der Waals surface area (Å²) < 4.78 is 0.329. The summed E-state index contributed by atoms with van der Waals surface area (Å²) in [5, 5.41) is 15.7. The minimum atomic E-state index is 0.329. The van der Waals surface area contributed by atoms with Gasteiger partial charge in [-0.25, -0.2) is 0 Å². The van der Waals surface area contributed by atoms with E-state index in [1.165, 1.54) is 0 Å². The fraction of sp³-hybridized carbons (Fsp3) is 0. The first kappa shape index (κ1) is 5.47. The second-order valence-corrected chi connectivity index (χ2v) is 2.19. The quantitative estimate of drug-likeness (QED) is 0.424. The van der Waals surface area contributed by atoms with Crippen LogP contribution in [-0.2, 0) is 17.9 Å². The molecule has 24 valence electrons. The van der Waals surface area contributed by atoms with Gasteiger partial charge in [-0.05, 0) is 0 Å². The fourth-order valence-electron chi connectivity index (χ4n) is 0.0250. The summed E-state index contributed by atoms with van der Waals surface area (Å²) in [6.07, 6.45) is 0. The van der Waals surface area contributed by atoms with Gasteiger partial charge in [-0.3, -0.25) is 0 Å². The van der Waals surface area contributed by atoms with E-state index in [1.54, 1.807) is 12.1 Å². The van der Waals surface area contributed by atoms with Gasteiger partial charge < -0.3 is 0 Å². The van der Waals surface area contributed by atoms with Gasteiger partial charge in [-0.1, -0.05) is 0 Å². The van der Waals surface area contributed by atoms with Gasteiger partial charge in [-0.2, -0.15) is 0 Å². The molecule has 3 heteroatoms. The van der Waals surface area contributed by atoms with Gasteiger partial charge >= 0.3 is 44.6 Å². The van der Waals surface area contributed by atoms with Crippen LogP contribution in [0.15, 0.2) is 0 Å². The van der Waals surface area contributed by atoms with Crippen LogP contribution >= 0.6 is 0 Å². The zero-order valence-electron chi connectivity index (χ0n) is 3.10. The first-order valence-corrected chi connectivity index (χ1v) is 2.78. The molecule has 2 nitrogen and oxygen atoms in total. The molecule has 0 N–H and O–H groups in total. The van der Waals surface area contributed by atoms with Gasteiger partial charge in [0.05, 0.1) is 0 Å². The van der Waals surface area contributed by atoms with Crippen molar-refractivity contribution in [3.63, 3.8) is 0 Å². The molecular formula is C3N2Zn. The van der Waals surface area contributed by atoms with Crippen molar-refractivity contribution in [2.24, 2.45) is 0 Å². The van der Waals surface area contributed by atoms with Crippen LogP contribution < -0.4 is 0 Å². The predicted octanol–water partition coefficient (Wildman–Crippen LogP) is -0.247. The number of nitriles is 2. The first-order valence-electron chi connectivity index (χ1n) is 1.30. The van der Waals surface area contributed by atoms with E-state index in [0.717, 1.165) is 0 Å². The molecule has 0 unspecified atom stereocenters. The van der Waals surface area contributed by atoms with Gasteiger partial charge in [0.1, 0.15) is 0 Å². The third-order valence-corrected chi connectivity index (χ3v) is 0.933. The minimum absolute atomic E-state index is 0.329. The molecule has 0 aliphatic heterocycles. The van der Waals surface area contributed by atoms with Crippen LogP contribution in [0.2, 0.25) is 0 Å². The Morgan fingerprint density at radius 2 is 1.67 bits per heavy atom. The van der Waals surface area contributed by atoms with E-state index < -0.39 is 0 Å². The Morgan fingerprint density at radius 1 is 1.33 bits per heavy atom. The van der Waals surface area contributed by atoms with Gasteiger partial charge in [0, 0.05) is 0 Å². The maximum absolute atomic E-state index is 7.86.